The predicted molar refractivity (Wildman–Crippen MR) is 136 cm³/mol. The fraction of sp³-hybridized carbons (Fsp3) is 0.259. The zero-order chi connectivity index (χ0) is 29.6. The first-order chi connectivity index (χ1) is 19.3. The second-order valence-electron chi connectivity index (χ2n) is 9.34. The lowest BCUT2D eigenvalue weighted by Gasteiger charge is -2.29. The van der Waals surface area contributed by atoms with Gasteiger partial charge in [0, 0.05) is 41.9 Å². The molecule has 3 aromatic rings. The number of ether oxygens (including phenoxy) is 3. The predicted octanol–water partition coefficient (Wildman–Crippen LogP) is 5.89. The van der Waals surface area contributed by atoms with Crippen molar-refractivity contribution in [2.24, 2.45) is 0 Å². The number of carbonyl (C=O) groups is 2. The van der Waals surface area contributed by atoms with E-state index in [1.165, 1.54) is 43.3 Å². The lowest BCUT2D eigenvalue weighted by Crippen LogP contribution is -2.44. The highest BCUT2D eigenvalue weighted by atomic mass is 19.4. The minimum absolute atomic E-state index is 0.0389. The number of nitro benzene ring substituents is 1. The maximum Gasteiger partial charge on any atom is 0.471 e. The molecule has 0 radical (unpaired) electrons. The number of nitro groups is 1. The van der Waals surface area contributed by atoms with Crippen LogP contribution in [0.2, 0.25) is 0 Å². The summed E-state index contributed by atoms with van der Waals surface area (Å²) in [4.78, 5) is 35.5. The lowest BCUT2D eigenvalue weighted by molar-refractivity contribution is -0.384. The highest BCUT2D eigenvalue weighted by molar-refractivity contribution is 5.98. The van der Waals surface area contributed by atoms with Crippen molar-refractivity contribution in [3.8, 4) is 11.5 Å². The van der Waals surface area contributed by atoms with E-state index in [4.69, 9.17) is 14.2 Å². The van der Waals surface area contributed by atoms with Gasteiger partial charge in [0.15, 0.2) is 6.10 Å². The van der Waals surface area contributed by atoms with Gasteiger partial charge in [0.05, 0.1) is 16.7 Å². The quantitative estimate of drug-likeness (QED) is 0.167. The summed E-state index contributed by atoms with van der Waals surface area (Å²) in [7, 11) is 0. The number of hydrogen-bond donors (Lipinski definition) is 1. The Bertz CT molecular complexity index is 1560. The van der Waals surface area contributed by atoms with Crippen LogP contribution in [0.25, 0.3) is 0 Å². The number of fused-ring (bicyclic) bond motifs is 2. The number of halogens is 4. The van der Waals surface area contributed by atoms with Gasteiger partial charge in [0.1, 0.15) is 35.7 Å². The molecule has 2 heterocycles. The average Bonchev–Trinajstić information content (AvgIpc) is 3.44. The van der Waals surface area contributed by atoms with Crippen molar-refractivity contribution in [1.29, 1.82) is 0 Å². The van der Waals surface area contributed by atoms with E-state index in [2.05, 4.69) is 5.32 Å². The van der Waals surface area contributed by atoms with Crippen LogP contribution in [0.5, 0.6) is 11.5 Å². The second-order valence-corrected chi connectivity index (χ2v) is 9.34. The van der Waals surface area contributed by atoms with Gasteiger partial charge in [0.2, 0.25) is 0 Å². The third kappa shape index (κ3) is 5.19. The van der Waals surface area contributed by atoms with Gasteiger partial charge in [-0.3, -0.25) is 24.6 Å². The number of anilines is 3. The molecule has 0 bridgehead atoms. The van der Waals surface area contributed by atoms with Crippen molar-refractivity contribution in [3.05, 3.63) is 81.7 Å². The van der Waals surface area contributed by atoms with Crippen LogP contribution < -0.4 is 19.7 Å². The maximum absolute atomic E-state index is 13.9. The molecule has 2 aliphatic heterocycles. The number of alkyl halides is 3. The van der Waals surface area contributed by atoms with Gasteiger partial charge in [-0.15, -0.1) is 0 Å². The summed E-state index contributed by atoms with van der Waals surface area (Å²) in [5, 5.41) is 14.1. The number of carbonyl (C=O) groups excluding carboxylic acids is 2. The number of para-hydroxylation sites is 1. The van der Waals surface area contributed by atoms with Crippen LogP contribution in [0.3, 0.4) is 0 Å². The number of rotatable bonds is 6. The average molecular weight is 575 g/mol. The molecule has 214 valence electrons. The third-order valence-electron chi connectivity index (χ3n) is 6.60. The van der Waals surface area contributed by atoms with E-state index in [0.29, 0.717) is 10.5 Å². The van der Waals surface area contributed by atoms with Crippen LogP contribution in [0.1, 0.15) is 37.1 Å². The second kappa shape index (κ2) is 10.3. The molecule has 0 saturated carbocycles. The Morgan fingerprint density at radius 3 is 2.54 bits per heavy atom. The molecule has 0 aromatic heterocycles. The minimum atomic E-state index is -5.26. The van der Waals surface area contributed by atoms with Crippen molar-refractivity contribution in [2.75, 3.05) is 16.8 Å². The van der Waals surface area contributed by atoms with Gasteiger partial charge >= 0.3 is 18.1 Å². The molecule has 0 spiro atoms. The van der Waals surface area contributed by atoms with Crippen LogP contribution in [-0.4, -0.2) is 35.7 Å². The molecule has 0 fully saturated rings. The van der Waals surface area contributed by atoms with Crippen molar-refractivity contribution >= 4 is 34.6 Å². The summed E-state index contributed by atoms with van der Waals surface area (Å²) in [5.41, 5.74) is -0.0603. The molecular formula is C27H21F4N3O7. The fourth-order valence-corrected chi connectivity index (χ4v) is 4.89. The molecule has 3 aromatic carbocycles. The monoisotopic (exact) mass is 575 g/mol. The molecule has 0 aliphatic carbocycles. The molecule has 3 atom stereocenters. The smallest absolute Gasteiger partial charge is 0.471 e. The number of amides is 1. The van der Waals surface area contributed by atoms with E-state index in [0.717, 1.165) is 18.2 Å². The van der Waals surface area contributed by atoms with Gasteiger partial charge in [-0.25, -0.2) is 4.39 Å². The van der Waals surface area contributed by atoms with E-state index in [-0.39, 0.29) is 40.7 Å². The first-order valence-electron chi connectivity index (χ1n) is 12.2. The number of esters is 1. The molecule has 5 rings (SSSR count). The zero-order valence-corrected chi connectivity index (χ0v) is 21.4. The Labute approximate surface area is 229 Å². The van der Waals surface area contributed by atoms with E-state index in [1.54, 1.807) is 6.92 Å². The highest BCUT2D eigenvalue weighted by Crippen LogP contribution is 2.47. The van der Waals surface area contributed by atoms with Gasteiger partial charge in [-0.2, -0.15) is 13.2 Å². The Balaban J connectivity index is 1.54. The Morgan fingerprint density at radius 1 is 1.10 bits per heavy atom. The van der Waals surface area contributed by atoms with E-state index < -0.39 is 52.7 Å². The van der Waals surface area contributed by atoms with E-state index in [1.807, 2.05) is 0 Å². The standard InChI is InChI=1S/C27H21F4N3O7/c1-13-24(41-14(2)35)18-8-7-16(11-23(18)40-13)33(26(36)27(29,30)31)22-12-39-25-17(22)4-3-5-19(25)32-20-10-15(28)6-9-21(20)34(37)38/h3-11,13,22,24,32H,12H2,1-2H3/t13?,22?,24-/m1/s1. The van der Waals surface area contributed by atoms with Crippen molar-refractivity contribution < 1.29 is 46.3 Å². The van der Waals surface area contributed by atoms with Crippen LogP contribution in [-0.2, 0) is 14.3 Å². The molecule has 0 saturated heterocycles. The molecular weight excluding hydrogens is 554 g/mol. The normalized spacial score (nSPS) is 18.9. The summed E-state index contributed by atoms with van der Waals surface area (Å²) in [5.74, 6) is -3.30. The van der Waals surface area contributed by atoms with Gasteiger partial charge in [-0.05, 0) is 31.2 Å². The summed E-state index contributed by atoms with van der Waals surface area (Å²) < 4.78 is 72.1. The Morgan fingerprint density at radius 2 is 1.85 bits per heavy atom. The zero-order valence-electron chi connectivity index (χ0n) is 21.4. The molecule has 2 aliphatic rings. The van der Waals surface area contributed by atoms with Crippen molar-refractivity contribution in [3.63, 3.8) is 0 Å². The largest absolute Gasteiger partial charge is 0.489 e. The summed E-state index contributed by atoms with van der Waals surface area (Å²) in [6.07, 6.45) is -6.65. The lowest BCUT2D eigenvalue weighted by atomic mass is 10.0. The maximum atomic E-state index is 13.9. The molecule has 41 heavy (non-hydrogen) atoms. The van der Waals surface area contributed by atoms with Crippen molar-refractivity contribution in [1.82, 2.24) is 0 Å². The van der Waals surface area contributed by atoms with Gasteiger partial charge in [0.25, 0.3) is 5.69 Å². The van der Waals surface area contributed by atoms with Crippen LogP contribution in [0.4, 0.5) is 40.3 Å². The number of nitrogens with zero attached hydrogens (tertiary/aromatic N) is 2. The number of benzene rings is 3. The number of hydrogen-bond acceptors (Lipinski definition) is 8. The first kappa shape index (κ1) is 27.7. The Hall–Kier alpha value is -4.88. The minimum Gasteiger partial charge on any atom is -0.489 e. The molecule has 1 N–H and O–H groups in total. The van der Waals surface area contributed by atoms with Crippen LogP contribution in [0.15, 0.2) is 54.6 Å². The highest BCUT2D eigenvalue weighted by Gasteiger charge is 2.48. The first-order valence-corrected chi connectivity index (χ1v) is 12.2. The van der Waals surface area contributed by atoms with Crippen LogP contribution in [0, 0.1) is 15.9 Å². The summed E-state index contributed by atoms with van der Waals surface area (Å²) in [6, 6.07) is 9.87. The van der Waals surface area contributed by atoms with E-state index in [9.17, 15) is 37.3 Å². The molecule has 10 nitrogen and oxygen atoms in total. The third-order valence-corrected chi connectivity index (χ3v) is 6.60. The number of nitrogens with one attached hydrogen (secondary N) is 1. The SMILES string of the molecule is CC(=O)O[C@H]1c2ccc(N(C(=O)C(F)(F)F)C3COc4c(Nc5cc(F)ccc5[N+](=O)[O-])cccc43)cc2OC1C. The fourth-order valence-electron chi connectivity index (χ4n) is 4.89. The molecule has 1 amide bonds. The van der Waals surface area contributed by atoms with E-state index >= 15 is 0 Å². The van der Waals surface area contributed by atoms with Gasteiger partial charge < -0.3 is 19.5 Å². The summed E-state index contributed by atoms with van der Waals surface area (Å²) in [6.45, 7) is 2.46. The van der Waals surface area contributed by atoms with Crippen LogP contribution >= 0.6 is 0 Å². The Kier molecular flexibility index (Phi) is 6.93. The molecule has 2 unspecified atom stereocenters. The van der Waals surface area contributed by atoms with Gasteiger partial charge in [-0.1, -0.05) is 12.1 Å². The molecule has 14 heteroatoms. The van der Waals surface area contributed by atoms with Crippen molar-refractivity contribution in [2.45, 2.75) is 38.3 Å². The topological polar surface area (TPSA) is 120 Å². The summed E-state index contributed by atoms with van der Waals surface area (Å²) >= 11 is 0.